The van der Waals surface area contributed by atoms with Gasteiger partial charge in [-0.05, 0) is 18.2 Å². The van der Waals surface area contributed by atoms with Crippen LogP contribution in [0.5, 0.6) is 0 Å². The Balaban J connectivity index is 2.23. The fourth-order valence-corrected chi connectivity index (χ4v) is 1.31. The van der Waals surface area contributed by atoms with E-state index in [2.05, 4.69) is 15.5 Å². The second-order valence-corrected chi connectivity index (χ2v) is 3.47. The summed E-state index contributed by atoms with van der Waals surface area (Å²) in [6.45, 7) is -0.367. The molecule has 19 heavy (non-hydrogen) atoms. The minimum atomic E-state index is -1.08. The third-order valence-corrected chi connectivity index (χ3v) is 2.15. The highest BCUT2D eigenvalue weighted by molar-refractivity contribution is 5.71. The van der Waals surface area contributed by atoms with Crippen LogP contribution in [0.2, 0.25) is 0 Å². The Morgan fingerprint density at radius 3 is 3.00 bits per heavy atom. The van der Waals surface area contributed by atoms with Crippen molar-refractivity contribution in [2.45, 2.75) is 0 Å². The van der Waals surface area contributed by atoms with Crippen LogP contribution in [0.25, 0.3) is 11.5 Å². The van der Waals surface area contributed by atoms with E-state index in [9.17, 15) is 9.18 Å². The third kappa shape index (κ3) is 2.84. The van der Waals surface area contributed by atoms with E-state index >= 15 is 0 Å². The van der Waals surface area contributed by atoms with Crippen LogP contribution in [-0.2, 0) is 4.79 Å². The molecule has 0 atom stereocenters. The number of nitrogens with zero attached hydrogens (tertiary/aromatic N) is 3. The third-order valence-electron chi connectivity index (χ3n) is 2.15. The quantitative estimate of drug-likeness (QED) is 0.852. The predicted molar refractivity (Wildman–Crippen MR) is 60.5 cm³/mol. The minimum Gasteiger partial charge on any atom is -0.480 e. The van der Waals surface area contributed by atoms with Crippen LogP contribution in [0.4, 0.5) is 10.4 Å². The van der Waals surface area contributed by atoms with Crippen molar-refractivity contribution in [1.29, 1.82) is 5.26 Å². The largest absolute Gasteiger partial charge is 0.480 e. The minimum absolute atomic E-state index is 0.0596. The zero-order valence-corrected chi connectivity index (χ0v) is 9.42. The van der Waals surface area contributed by atoms with Crippen molar-refractivity contribution in [3.8, 4) is 17.5 Å². The lowest BCUT2D eigenvalue weighted by molar-refractivity contribution is -0.134. The van der Waals surface area contributed by atoms with Gasteiger partial charge in [0.2, 0.25) is 5.89 Å². The Morgan fingerprint density at radius 2 is 2.32 bits per heavy atom. The van der Waals surface area contributed by atoms with Crippen LogP contribution in [0, 0.1) is 17.1 Å². The lowest BCUT2D eigenvalue weighted by atomic mass is 10.1. The van der Waals surface area contributed by atoms with Crippen LogP contribution >= 0.6 is 0 Å². The van der Waals surface area contributed by atoms with E-state index in [4.69, 9.17) is 14.8 Å². The summed E-state index contributed by atoms with van der Waals surface area (Å²) in [5, 5.41) is 26.8. The Labute approximate surface area is 106 Å². The Kier molecular flexibility index (Phi) is 3.38. The molecular weight excluding hydrogens is 255 g/mol. The average Bonchev–Trinajstić information content (AvgIpc) is 2.86. The molecule has 0 aliphatic carbocycles. The molecule has 2 rings (SSSR count). The normalized spacial score (nSPS) is 9.89. The molecule has 0 fully saturated rings. The molecule has 0 radical (unpaired) electrons. The number of anilines is 1. The monoisotopic (exact) mass is 262 g/mol. The van der Waals surface area contributed by atoms with Gasteiger partial charge in [-0.25, -0.2) is 4.39 Å². The van der Waals surface area contributed by atoms with Gasteiger partial charge in [0.15, 0.2) is 0 Å². The highest BCUT2D eigenvalue weighted by atomic mass is 19.1. The van der Waals surface area contributed by atoms with E-state index in [1.54, 1.807) is 6.07 Å². The lowest BCUT2D eigenvalue weighted by Gasteiger charge is -1.97. The molecule has 96 valence electrons. The zero-order chi connectivity index (χ0) is 13.8. The van der Waals surface area contributed by atoms with E-state index in [1.807, 2.05) is 0 Å². The molecule has 2 N–H and O–H groups in total. The maximum atomic E-state index is 13.1. The number of benzene rings is 1. The first-order valence-corrected chi connectivity index (χ1v) is 5.09. The first kappa shape index (κ1) is 12.5. The molecule has 0 saturated carbocycles. The maximum Gasteiger partial charge on any atom is 0.323 e. The van der Waals surface area contributed by atoms with Gasteiger partial charge in [-0.2, -0.15) is 5.26 Å². The number of halogens is 1. The average molecular weight is 262 g/mol. The van der Waals surface area contributed by atoms with Crippen molar-refractivity contribution in [2.24, 2.45) is 0 Å². The van der Waals surface area contributed by atoms with Gasteiger partial charge >= 0.3 is 12.0 Å². The summed E-state index contributed by atoms with van der Waals surface area (Å²) >= 11 is 0. The van der Waals surface area contributed by atoms with Gasteiger partial charge in [-0.1, -0.05) is 5.10 Å². The van der Waals surface area contributed by atoms with Gasteiger partial charge in [0, 0.05) is 5.56 Å². The first-order chi connectivity index (χ1) is 9.10. The highest BCUT2D eigenvalue weighted by Crippen LogP contribution is 2.22. The number of aliphatic carboxylic acids is 1. The number of nitrogens with one attached hydrogen (secondary N) is 1. The SMILES string of the molecule is N#Cc1cc(-c2nnc(NCC(=O)O)o2)ccc1F. The van der Waals surface area contributed by atoms with Crippen molar-refractivity contribution >= 4 is 12.0 Å². The second-order valence-electron chi connectivity index (χ2n) is 3.47. The highest BCUT2D eigenvalue weighted by Gasteiger charge is 2.11. The number of carbonyl (C=O) groups is 1. The van der Waals surface area contributed by atoms with Gasteiger partial charge < -0.3 is 14.8 Å². The van der Waals surface area contributed by atoms with Crippen molar-refractivity contribution in [2.75, 3.05) is 11.9 Å². The molecule has 0 bridgehead atoms. The van der Waals surface area contributed by atoms with Crippen LogP contribution in [0.15, 0.2) is 22.6 Å². The van der Waals surface area contributed by atoms with Gasteiger partial charge in [0.05, 0.1) is 5.56 Å². The maximum absolute atomic E-state index is 13.1. The fraction of sp³-hybridized carbons (Fsp3) is 0.0909. The summed E-state index contributed by atoms with van der Waals surface area (Å²) in [7, 11) is 0. The van der Waals surface area contributed by atoms with Crippen molar-refractivity contribution in [1.82, 2.24) is 10.2 Å². The molecule has 0 spiro atoms. The van der Waals surface area contributed by atoms with Crippen LogP contribution < -0.4 is 5.32 Å². The standard InChI is InChI=1S/C11H7FN4O3/c12-8-2-1-6(3-7(8)4-13)10-15-16-11(19-10)14-5-9(17)18/h1-3H,5H2,(H,14,16)(H,17,18). The summed E-state index contributed by atoms with van der Waals surface area (Å²) in [5.41, 5.74) is 0.226. The second kappa shape index (κ2) is 5.14. The molecule has 1 heterocycles. The van der Waals surface area contributed by atoms with Gasteiger partial charge in [-0.3, -0.25) is 4.79 Å². The number of hydrogen-bond acceptors (Lipinski definition) is 6. The van der Waals surface area contributed by atoms with E-state index in [0.717, 1.165) is 6.07 Å². The number of rotatable bonds is 4. The number of hydrogen-bond donors (Lipinski definition) is 2. The van der Waals surface area contributed by atoms with Gasteiger partial charge in [0.25, 0.3) is 0 Å². The molecule has 1 aromatic carbocycles. The Hall–Kier alpha value is -2.95. The van der Waals surface area contributed by atoms with Crippen LogP contribution in [0.3, 0.4) is 0 Å². The number of carboxylic acids is 1. The van der Waals surface area contributed by atoms with Crippen LogP contribution in [-0.4, -0.2) is 27.8 Å². The van der Waals surface area contributed by atoms with Gasteiger partial charge in [0.1, 0.15) is 18.4 Å². The molecule has 2 aromatic rings. The zero-order valence-electron chi connectivity index (χ0n) is 9.42. The molecule has 1 aromatic heterocycles. The number of carboxylic acid groups (broad SMARTS) is 1. The number of nitriles is 1. The molecule has 0 aliphatic heterocycles. The van der Waals surface area contributed by atoms with Crippen molar-refractivity contribution in [3.63, 3.8) is 0 Å². The molecule has 0 saturated heterocycles. The summed E-state index contributed by atoms with van der Waals surface area (Å²) in [5.74, 6) is -1.66. The summed E-state index contributed by atoms with van der Waals surface area (Å²) in [6, 6.07) is 5.39. The topological polar surface area (TPSA) is 112 Å². The lowest BCUT2D eigenvalue weighted by Crippen LogP contribution is -2.12. The summed E-state index contributed by atoms with van der Waals surface area (Å²) in [4.78, 5) is 10.3. The molecule has 0 aliphatic rings. The fourth-order valence-electron chi connectivity index (χ4n) is 1.31. The van der Waals surface area contributed by atoms with E-state index in [-0.39, 0.29) is 24.0 Å². The molecular formula is C11H7FN4O3. The molecule has 0 amide bonds. The molecule has 8 heteroatoms. The molecule has 7 nitrogen and oxygen atoms in total. The van der Waals surface area contributed by atoms with E-state index < -0.39 is 11.8 Å². The van der Waals surface area contributed by atoms with Gasteiger partial charge in [-0.15, -0.1) is 5.10 Å². The molecule has 0 unspecified atom stereocenters. The van der Waals surface area contributed by atoms with Crippen molar-refractivity contribution < 1.29 is 18.7 Å². The summed E-state index contributed by atoms with van der Waals surface area (Å²) in [6.07, 6.45) is 0. The Morgan fingerprint density at radius 1 is 1.53 bits per heavy atom. The predicted octanol–water partition coefficient (Wildman–Crippen LogP) is 1.24. The van der Waals surface area contributed by atoms with Crippen LogP contribution in [0.1, 0.15) is 5.56 Å². The van der Waals surface area contributed by atoms with E-state index in [0.29, 0.717) is 5.56 Å². The number of aromatic nitrogens is 2. The smallest absolute Gasteiger partial charge is 0.323 e. The van der Waals surface area contributed by atoms with E-state index in [1.165, 1.54) is 12.1 Å². The Bertz CT molecular complexity index is 662. The summed E-state index contributed by atoms with van der Waals surface area (Å²) < 4.78 is 18.3. The van der Waals surface area contributed by atoms with Crippen molar-refractivity contribution in [3.05, 3.63) is 29.6 Å². The first-order valence-electron chi connectivity index (χ1n) is 5.09.